The first-order chi connectivity index (χ1) is 8.88. The van der Waals surface area contributed by atoms with Crippen LogP contribution in [-0.2, 0) is 11.3 Å². The van der Waals surface area contributed by atoms with Gasteiger partial charge in [-0.1, -0.05) is 6.92 Å². The van der Waals surface area contributed by atoms with Crippen molar-refractivity contribution < 1.29 is 9.90 Å². The van der Waals surface area contributed by atoms with E-state index < -0.39 is 11.5 Å². The summed E-state index contributed by atoms with van der Waals surface area (Å²) in [6, 6.07) is 0. The van der Waals surface area contributed by atoms with Crippen molar-refractivity contribution in [1.82, 2.24) is 15.1 Å². The number of aromatic nitrogens is 2. The largest absolute Gasteiger partial charge is 0.480 e. The van der Waals surface area contributed by atoms with Gasteiger partial charge in [0.2, 0.25) is 0 Å². The molecule has 5 heteroatoms. The lowest BCUT2D eigenvalue weighted by Gasteiger charge is -2.27. The molecule has 0 saturated carbocycles. The van der Waals surface area contributed by atoms with Crippen molar-refractivity contribution >= 4 is 5.97 Å². The molecule has 0 amide bonds. The molecule has 0 aromatic carbocycles. The van der Waals surface area contributed by atoms with Crippen LogP contribution in [0.25, 0.3) is 0 Å². The summed E-state index contributed by atoms with van der Waals surface area (Å²) in [5, 5.41) is 16.8. The van der Waals surface area contributed by atoms with E-state index in [2.05, 4.69) is 24.3 Å². The Hall–Kier alpha value is -1.36. The Balaban J connectivity index is 2.67. The zero-order chi connectivity index (χ0) is 14.6. The summed E-state index contributed by atoms with van der Waals surface area (Å²) in [6.07, 6.45) is 1.98. The minimum absolute atomic E-state index is 0.578. The molecule has 1 atom stereocenters. The molecule has 5 nitrogen and oxygen atoms in total. The van der Waals surface area contributed by atoms with Crippen LogP contribution in [0.4, 0.5) is 0 Å². The van der Waals surface area contributed by atoms with Crippen molar-refractivity contribution in [3.8, 4) is 0 Å². The second-order valence-electron chi connectivity index (χ2n) is 5.11. The number of hydrogen-bond acceptors (Lipinski definition) is 3. The Morgan fingerprint density at radius 1 is 1.42 bits per heavy atom. The zero-order valence-electron chi connectivity index (χ0n) is 12.6. The molecule has 0 radical (unpaired) electrons. The molecule has 0 aliphatic rings. The molecule has 0 spiro atoms. The van der Waals surface area contributed by atoms with Crippen LogP contribution < -0.4 is 5.32 Å². The Morgan fingerprint density at radius 2 is 2.05 bits per heavy atom. The lowest BCUT2D eigenvalue weighted by molar-refractivity contribution is -0.145. The van der Waals surface area contributed by atoms with E-state index in [-0.39, 0.29) is 0 Å². The van der Waals surface area contributed by atoms with Crippen LogP contribution in [0.1, 0.15) is 43.1 Å². The predicted molar refractivity (Wildman–Crippen MR) is 75.4 cm³/mol. The SMILES string of the molecule is CCC(CCCn1nc(C)c(C)c1C)(NC)C(=O)O. The van der Waals surface area contributed by atoms with E-state index in [0.717, 1.165) is 18.7 Å². The summed E-state index contributed by atoms with van der Waals surface area (Å²) in [5.41, 5.74) is 2.62. The van der Waals surface area contributed by atoms with Crippen LogP contribution >= 0.6 is 0 Å². The fraction of sp³-hybridized carbons (Fsp3) is 0.714. The molecule has 0 fully saturated rings. The van der Waals surface area contributed by atoms with Crippen molar-refractivity contribution in [3.63, 3.8) is 0 Å². The van der Waals surface area contributed by atoms with Gasteiger partial charge in [-0.3, -0.25) is 9.48 Å². The van der Waals surface area contributed by atoms with Crippen molar-refractivity contribution in [2.45, 2.75) is 59.0 Å². The lowest BCUT2D eigenvalue weighted by Crippen LogP contribution is -2.49. The van der Waals surface area contributed by atoms with Crippen molar-refractivity contribution in [2.75, 3.05) is 7.05 Å². The number of hydrogen-bond donors (Lipinski definition) is 2. The molecule has 0 aliphatic heterocycles. The Kier molecular flexibility index (Phi) is 5.11. The maximum atomic E-state index is 11.4. The van der Waals surface area contributed by atoms with E-state index in [1.54, 1.807) is 7.05 Å². The van der Waals surface area contributed by atoms with Gasteiger partial charge < -0.3 is 10.4 Å². The molecule has 1 unspecified atom stereocenters. The molecule has 0 bridgehead atoms. The van der Waals surface area contributed by atoms with E-state index in [0.29, 0.717) is 12.8 Å². The fourth-order valence-corrected chi connectivity index (χ4v) is 2.38. The number of rotatable bonds is 7. The summed E-state index contributed by atoms with van der Waals surface area (Å²) < 4.78 is 1.97. The molecule has 1 heterocycles. The summed E-state index contributed by atoms with van der Waals surface area (Å²) in [7, 11) is 1.71. The van der Waals surface area contributed by atoms with Gasteiger partial charge >= 0.3 is 5.97 Å². The maximum Gasteiger partial charge on any atom is 0.323 e. The smallest absolute Gasteiger partial charge is 0.323 e. The average molecular weight is 267 g/mol. The number of carboxylic acids is 1. The molecule has 0 saturated heterocycles. The number of aliphatic carboxylic acids is 1. The van der Waals surface area contributed by atoms with Crippen LogP contribution in [0.2, 0.25) is 0 Å². The highest BCUT2D eigenvalue weighted by atomic mass is 16.4. The topological polar surface area (TPSA) is 67.2 Å². The number of likely N-dealkylation sites (N-methyl/N-ethyl adjacent to an activating group) is 1. The van der Waals surface area contributed by atoms with Gasteiger partial charge in [-0.15, -0.1) is 0 Å². The van der Waals surface area contributed by atoms with Crippen molar-refractivity contribution in [2.24, 2.45) is 0 Å². The second kappa shape index (κ2) is 6.19. The number of nitrogens with one attached hydrogen (secondary N) is 1. The van der Waals surface area contributed by atoms with E-state index >= 15 is 0 Å². The summed E-state index contributed by atoms with van der Waals surface area (Å²) >= 11 is 0. The molecular weight excluding hydrogens is 242 g/mol. The normalized spacial score (nSPS) is 14.4. The minimum Gasteiger partial charge on any atom is -0.480 e. The van der Waals surface area contributed by atoms with Crippen LogP contribution in [0, 0.1) is 20.8 Å². The van der Waals surface area contributed by atoms with Gasteiger partial charge in [0.25, 0.3) is 0 Å². The van der Waals surface area contributed by atoms with E-state index in [9.17, 15) is 9.90 Å². The molecule has 1 aromatic rings. The summed E-state index contributed by atoms with van der Waals surface area (Å²) in [4.78, 5) is 11.4. The van der Waals surface area contributed by atoms with Gasteiger partial charge in [-0.2, -0.15) is 5.10 Å². The zero-order valence-corrected chi connectivity index (χ0v) is 12.6. The highest BCUT2D eigenvalue weighted by Crippen LogP contribution is 2.19. The highest BCUT2D eigenvalue weighted by molar-refractivity contribution is 5.78. The monoisotopic (exact) mass is 267 g/mol. The van der Waals surface area contributed by atoms with Crippen molar-refractivity contribution in [3.05, 3.63) is 17.0 Å². The van der Waals surface area contributed by atoms with Crippen molar-refractivity contribution in [1.29, 1.82) is 0 Å². The van der Waals surface area contributed by atoms with Gasteiger partial charge in [0.05, 0.1) is 5.69 Å². The predicted octanol–water partition coefficient (Wildman–Crippen LogP) is 2.04. The fourth-order valence-electron chi connectivity index (χ4n) is 2.38. The van der Waals surface area contributed by atoms with Gasteiger partial charge in [0, 0.05) is 12.2 Å². The van der Waals surface area contributed by atoms with Crippen LogP contribution in [0.5, 0.6) is 0 Å². The first kappa shape index (κ1) is 15.7. The van der Waals surface area contributed by atoms with Gasteiger partial charge in [0.1, 0.15) is 5.54 Å². The summed E-state index contributed by atoms with van der Waals surface area (Å²) in [5.74, 6) is -0.776. The first-order valence-electron chi connectivity index (χ1n) is 6.81. The third kappa shape index (κ3) is 3.15. The Labute approximate surface area is 115 Å². The standard InChI is InChI=1S/C14H25N3O2/c1-6-14(15-5,13(18)19)8-7-9-17-12(4)10(2)11(3)16-17/h15H,6-9H2,1-5H3,(H,18,19). The van der Waals surface area contributed by atoms with E-state index in [4.69, 9.17) is 0 Å². The number of carbonyl (C=O) groups is 1. The first-order valence-corrected chi connectivity index (χ1v) is 6.81. The third-order valence-corrected chi connectivity index (χ3v) is 4.21. The second-order valence-corrected chi connectivity index (χ2v) is 5.11. The third-order valence-electron chi connectivity index (χ3n) is 4.21. The minimum atomic E-state index is -0.814. The molecule has 19 heavy (non-hydrogen) atoms. The van der Waals surface area contributed by atoms with Gasteiger partial charge in [0.15, 0.2) is 0 Å². The van der Waals surface area contributed by atoms with Crippen LogP contribution in [-0.4, -0.2) is 33.4 Å². The molecule has 0 aliphatic carbocycles. The molecular formula is C14H25N3O2. The number of aryl methyl sites for hydroxylation is 2. The Bertz CT molecular complexity index is 448. The van der Waals surface area contributed by atoms with Crippen LogP contribution in [0.15, 0.2) is 0 Å². The number of nitrogens with zero attached hydrogens (tertiary/aromatic N) is 2. The molecule has 1 rings (SSSR count). The number of carboxylic acid groups (broad SMARTS) is 1. The van der Waals surface area contributed by atoms with Gasteiger partial charge in [-0.25, -0.2) is 0 Å². The average Bonchev–Trinajstić information content (AvgIpc) is 2.62. The molecule has 1 aromatic heterocycles. The maximum absolute atomic E-state index is 11.4. The lowest BCUT2D eigenvalue weighted by atomic mass is 9.90. The molecule has 2 N–H and O–H groups in total. The quantitative estimate of drug-likeness (QED) is 0.793. The summed E-state index contributed by atoms with van der Waals surface area (Å²) in [6.45, 7) is 8.78. The molecule has 108 valence electrons. The van der Waals surface area contributed by atoms with E-state index in [1.807, 2.05) is 18.5 Å². The van der Waals surface area contributed by atoms with Crippen LogP contribution in [0.3, 0.4) is 0 Å². The van der Waals surface area contributed by atoms with Gasteiger partial charge in [-0.05, 0) is 52.6 Å². The highest BCUT2D eigenvalue weighted by Gasteiger charge is 2.34. The Morgan fingerprint density at radius 3 is 2.42 bits per heavy atom. The van der Waals surface area contributed by atoms with E-state index in [1.165, 1.54) is 11.3 Å².